The summed E-state index contributed by atoms with van der Waals surface area (Å²) in [6.45, 7) is 9.12. The van der Waals surface area contributed by atoms with Gasteiger partial charge in [0.05, 0.1) is 6.20 Å². The number of carbonyl (C=O) groups is 1. The molecular weight excluding hydrogens is 190 g/mol. The van der Waals surface area contributed by atoms with Gasteiger partial charge in [-0.3, -0.25) is 14.8 Å². The molecule has 0 rings (SSSR count). The topological polar surface area (TPSA) is 53.8 Å². The summed E-state index contributed by atoms with van der Waals surface area (Å²) in [5, 5.41) is 2.88. The molecular formula is C11H19N3O. The predicted molar refractivity (Wildman–Crippen MR) is 64.3 cm³/mol. The molecule has 0 radical (unpaired) electrons. The van der Waals surface area contributed by atoms with Gasteiger partial charge >= 0.3 is 0 Å². The first-order valence-corrected chi connectivity index (χ1v) is 5.15. The Labute approximate surface area is 91.2 Å². The van der Waals surface area contributed by atoms with Gasteiger partial charge in [-0.2, -0.15) is 0 Å². The van der Waals surface area contributed by atoms with Gasteiger partial charge in [-0.15, -0.1) is 0 Å². The molecule has 0 atom stereocenters. The maximum Gasteiger partial charge on any atom is 0.271 e. The molecule has 0 heterocycles. The maximum absolute atomic E-state index is 11.7. The third-order valence-corrected chi connectivity index (χ3v) is 2.04. The summed E-state index contributed by atoms with van der Waals surface area (Å²) in [7, 11) is 0. The summed E-state index contributed by atoms with van der Waals surface area (Å²) in [4.78, 5) is 19.1. The third-order valence-electron chi connectivity index (χ3n) is 2.04. The lowest BCUT2D eigenvalue weighted by molar-refractivity contribution is -0.118. The Bertz CT molecular complexity index is 265. The molecule has 84 valence electrons. The van der Waals surface area contributed by atoms with Gasteiger partial charge in [0.25, 0.3) is 5.91 Å². The molecule has 0 aliphatic heterocycles. The summed E-state index contributed by atoms with van der Waals surface area (Å²) in [5.74, 6) is -0.200. The van der Waals surface area contributed by atoms with Gasteiger partial charge in [0.15, 0.2) is 0 Å². The summed E-state index contributed by atoms with van der Waals surface area (Å²) in [6, 6.07) is 0.192. The standard InChI is InChI=1S/C11H19N3O/c1-5-9(6-2)14-11(15)10(8-12-4)13-7-3/h7-9H,4-6H2,1-3H3,(H,14,15)/b10-8-,13-7-. The fourth-order valence-corrected chi connectivity index (χ4v) is 1.13. The fourth-order valence-electron chi connectivity index (χ4n) is 1.13. The first-order chi connectivity index (χ1) is 7.19. The Morgan fingerprint density at radius 1 is 1.47 bits per heavy atom. The lowest BCUT2D eigenvalue weighted by Crippen LogP contribution is -2.34. The number of hydrogen-bond donors (Lipinski definition) is 1. The van der Waals surface area contributed by atoms with E-state index in [1.54, 1.807) is 13.1 Å². The highest BCUT2D eigenvalue weighted by molar-refractivity contribution is 5.94. The van der Waals surface area contributed by atoms with Crippen LogP contribution in [-0.4, -0.2) is 24.9 Å². The van der Waals surface area contributed by atoms with Crippen LogP contribution >= 0.6 is 0 Å². The molecule has 1 N–H and O–H groups in total. The molecule has 0 aromatic carbocycles. The van der Waals surface area contributed by atoms with Crippen LogP contribution in [0.4, 0.5) is 0 Å². The van der Waals surface area contributed by atoms with Crippen molar-refractivity contribution in [2.24, 2.45) is 9.98 Å². The average Bonchev–Trinajstić information content (AvgIpc) is 2.25. The minimum atomic E-state index is -0.200. The summed E-state index contributed by atoms with van der Waals surface area (Å²) < 4.78 is 0. The Morgan fingerprint density at radius 2 is 2.07 bits per heavy atom. The van der Waals surface area contributed by atoms with Crippen LogP contribution in [0.2, 0.25) is 0 Å². The van der Waals surface area contributed by atoms with E-state index < -0.39 is 0 Å². The molecule has 0 bridgehead atoms. The van der Waals surface area contributed by atoms with E-state index in [2.05, 4.69) is 22.0 Å². The SMILES string of the molecule is C=N/C=C(\N=C/C)C(=O)NC(CC)CC. The van der Waals surface area contributed by atoms with Crippen LogP contribution in [0.3, 0.4) is 0 Å². The number of carbonyl (C=O) groups excluding carboxylic acids is 1. The molecule has 15 heavy (non-hydrogen) atoms. The van der Waals surface area contributed by atoms with Gasteiger partial charge in [0.1, 0.15) is 5.70 Å². The van der Waals surface area contributed by atoms with Crippen LogP contribution in [-0.2, 0) is 4.79 Å². The molecule has 0 unspecified atom stereocenters. The van der Waals surface area contributed by atoms with Crippen LogP contribution in [0.1, 0.15) is 33.6 Å². The van der Waals surface area contributed by atoms with Crippen molar-refractivity contribution in [3.8, 4) is 0 Å². The van der Waals surface area contributed by atoms with E-state index in [0.717, 1.165) is 12.8 Å². The number of aliphatic imine (C=N–C) groups is 2. The van der Waals surface area contributed by atoms with Crippen molar-refractivity contribution < 1.29 is 4.79 Å². The zero-order valence-electron chi connectivity index (χ0n) is 9.66. The van der Waals surface area contributed by atoms with E-state index in [1.807, 2.05) is 13.8 Å². The quantitative estimate of drug-likeness (QED) is 0.527. The molecule has 0 aliphatic carbocycles. The van der Waals surface area contributed by atoms with Crippen LogP contribution in [0.15, 0.2) is 21.9 Å². The van der Waals surface area contributed by atoms with E-state index in [1.165, 1.54) is 6.20 Å². The number of nitrogens with one attached hydrogen (secondary N) is 1. The van der Waals surface area contributed by atoms with E-state index >= 15 is 0 Å². The number of rotatable bonds is 6. The van der Waals surface area contributed by atoms with Gasteiger partial charge in [0, 0.05) is 12.3 Å². The molecule has 4 nitrogen and oxygen atoms in total. The van der Waals surface area contributed by atoms with Gasteiger partial charge in [0.2, 0.25) is 0 Å². The van der Waals surface area contributed by atoms with Crippen molar-refractivity contribution in [1.82, 2.24) is 5.32 Å². The van der Waals surface area contributed by atoms with Crippen LogP contribution < -0.4 is 5.32 Å². The minimum Gasteiger partial charge on any atom is -0.348 e. The molecule has 0 fully saturated rings. The highest BCUT2D eigenvalue weighted by Crippen LogP contribution is 2.01. The van der Waals surface area contributed by atoms with Crippen molar-refractivity contribution in [2.45, 2.75) is 39.7 Å². The van der Waals surface area contributed by atoms with Crippen LogP contribution in [0, 0.1) is 0 Å². The summed E-state index contributed by atoms with van der Waals surface area (Å²) in [5.41, 5.74) is 0.291. The van der Waals surface area contributed by atoms with Gasteiger partial charge < -0.3 is 5.32 Å². The smallest absolute Gasteiger partial charge is 0.271 e. The number of nitrogens with zero attached hydrogens (tertiary/aromatic N) is 2. The van der Waals surface area contributed by atoms with Crippen molar-refractivity contribution in [3.63, 3.8) is 0 Å². The van der Waals surface area contributed by atoms with Gasteiger partial charge in [-0.1, -0.05) is 13.8 Å². The van der Waals surface area contributed by atoms with E-state index in [4.69, 9.17) is 0 Å². The average molecular weight is 209 g/mol. The lowest BCUT2D eigenvalue weighted by Gasteiger charge is -2.14. The minimum absolute atomic E-state index is 0.192. The number of amides is 1. The Kier molecular flexibility index (Phi) is 7.14. The van der Waals surface area contributed by atoms with E-state index in [9.17, 15) is 4.79 Å². The second kappa shape index (κ2) is 7.91. The third kappa shape index (κ3) is 5.10. The predicted octanol–water partition coefficient (Wildman–Crippen LogP) is 1.92. The molecule has 0 saturated heterocycles. The summed E-state index contributed by atoms with van der Waals surface area (Å²) >= 11 is 0. The normalized spacial score (nSPS) is 12.1. The van der Waals surface area contributed by atoms with E-state index in [0.29, 0.717) is 5.70 Å². The molecule has 0 spiro atoms. The van der Waals surface area contributed by atoms with Crippen molar-refractivity contribution in [3.05, 3.63) is 11.9 Å². The zero-order valence-corrected chi connectivity index (χ0v) is 9.66. The monoisotopic (exact) mass is 209 g/mol. The van der Waals surface area contributed by atoms with Gasteiger partial charge in [-0.05, 0) is 26.5 Å². The molecule has 4 heteroatoms. The fraction of sp³-hybridized carbons (Fsp3) is 0.545. The summed E-state index contributed by atoms with van der Waals surface area (Å²) in [6.07, 6.45) is 4.74. The Hall–Kier alpha value is -1.45. The van der Waals surface area contributed by atoms with Crippen molar-refractivity contribution in [2.75, 3.05) is 0 Å². The highest BCUT2D eigenvalue weighted by atomic mass is 16.2. The Morgan fingerprint density at radius 3 is 2.47 bits per heavy atom. The van der Waals surface area contributed by atoms with Crippen molar-refractivity contribution in [1.29, 1.82) is 0 Å². The van der Waals surface area contributed by atoms with Gasteiger partial charge in [-0.25, -0.2) is 0 Å². The molecule has 0 aliphatic rings. The molecule has 1 amide bonds. The number of hydrogen-bond acceptors (Lipinski definition) is 3. The lowest BCUT2D eigenvalue weighted by atomic mass is 10.2. The highest BCUT2D eigenvalue weighted by Gasteiger charge is 2.11. The largest absolute Gasteiger partial charge is 0.348 e. The second-order valence-electron chi connectivity index (χ2n) is 3.07. The molecule has 0 aromatic rings. The van der Waals surface area contributed by atoms with E-state index in [-0.39, 0.29) is 11.9 Å². The zero-order chi connectivity index (χ0) is 11.7. The van der Waals surface area contributed by atoms with Crippen LogP contribution in [0.25, 0.3) is 0 Å². The van der Waals surface area contributed by atoms with Crippen molar-refractivity contribution >= 4 is 18.8 Å². The van der Waals surface area contributed by atoms with Crippen LogP contribution in [0.5, 0.6) is 0 Å². The molecule has 0 aromatic heterocycles. The maximum atomic E-state index is 11.7. The first kappa shape index (κ1) is 13.5. The molecule has 0 saturated carbocycles. The Balaban J connectivity index is 4.51. The second-order valence-corrected chi connectivity index (χ2v) is 3.07. The first-order valence-electron chi connectivity index (χ1n) is 5.15.